The van der Waals surface area contributed by atoms with Crippen LogP contribution in [0.4, 0.5) is 26.3 Å². The molecule has 1 aromatic heterocycles. The number of nitrogens with zero attached hydrogens (tertiary/aromatic N) is 2. The van der Waals surface area contributed by atoms with Crippen molar-refractivity contribution in [3.8, 4) is 0 Å². The van der Waals surface area contributed by atoms with Crippen LogP contribution in [-0.2, 0) is 18.8 Å². The average molecular weight is 512 g/mol. The van der Waals surface area contributed by atoms with Crippen molar-refractivity contribution >= 4 is 11.0 Å². The second-order valence-electron chi connectivity index (χ2n) is 10.0. The second kappa shape index (κ2) is 10.1. The number of aromatic nitrogens is 2. The Labute approximate surface area is 206 Å². The molecule has 3 nitrogen and oxygen atoms in total. The zero-order valence-electron chi connectivity index (χ0n) is 20.5. The van der Waals surface area contributed by atoms with Gasteiger partial charge in [0.2, 0.25) is 0 Å². The third-order valence-electron chi connectivity index (χ3n) is 7.32. The van der Waals surface area contributed by atoms with E-state index in [4.69, 9.17) is 0 Å². The first-order valence-electron chi connectivity index (χ1n) is 12.4. The van der Waals surface area contributed by atoms with Gasteiger partial charge in [-0.1, -0.05) is 19.1 Å². The van der Waals surface area contributed by atoms with Crippen molar-refractivity contribution in [3.05, 3.63) is 65.0 Å². The van der Waals surface area contributed by atoms with Crippen molar-refractivity contribution in [2.75, 3.05) is 0 Å². The number of nitrogens with one attached hydrogen (secondary N) is 1. The summed E-state index contributed by atoms with van der Waals surface area (Å²) < 4.78 is 82.3. The lowest BCUT2D eigenvalue weighted by Crippen LogP contribution is -2.43. The van der Waals surface area contributed by atoms with Gasteiger partial charge in [-0.25, -0.2) is 4.98 Å². The van der Waals surface area contributed by atoms with E-state index in [0.717, 1.165) is 24.1 Å². The smallest absolute Gasteiger partial charge is 0.327 e. The van der Waals surface area contributed by atoms with Crippen molar-refractivity contribution in [2.24, 2.45) is 0 Å². The molecular weight excluding hydrogens is 480 g/mol. The molecule has 1 N–H and O–H groups in total. The van der Waals surface area contributed by atoms with Crippen molar-refractivity contribution in [1.82, 2.24) is 14.9 Å². The minimum absolute atomic E-state index is 0.0451. The van der Waals surface area contributed by atoms with E-state index in [1.807, 2.05) is 20.8 Å². The van der Waals surface area contributed by atoms with Gasteiger partial charge in [0.05, 0.1) is 28.5 Å². The molecule has 0 spiro atoms. The highest BCUT2D eigenvalue weighted by atomic mass is 19.4. The Balaban J connectivity index is 1.52. The monoisotopic (exact) mass is 511 g/mol. The fraction of sp³-hybridized carbons (Fsp3) is 0.519. The number of fused-ring (bicyclic) bond motifs is 1. The average Bonchev–Trinajstić information content (AvgIpc) is 3.24. The molecule has 1 aliphatic rings. The van der Waals surface area contributed by atoms with Crippen molar-refractivity contribution < 1.29 is 26.3 Å². The van der Waals surface area contributed by atoms with Crippen LogP contribution in [0, 0.1) is 0 Å². The van der Waals surface area contributed by atoms with Gasteiger partial charge in [0.1, 0.15) is 0 Å². The fourth-order valence-corrected chi connectivity index (χ4v) is 5.28. The van der Waals surface area contributed by atoms with Gasteiger partial charge in [0.15, 0.2) is 0 Å². The molecule has 2 aromatic carbocycles. The third-order valence-corrected chi connectivity index (χ3v) is 7.32. The zero-order chi connectivity index (χ0) is 26.3. The van der Waals surface area contributed by atoms with E-state index in [9.17, 15) is 26.3 Å². The van der Waals surface area contributed by atoms with Gasteiger partial charge in [-0.2, -0.15) is 26.3 Å². The van der Waals surface area contributed by atoms with Gasteiger partial charge in [-0.3, -0.25) is 0 Å². The standard InChI is InChI=1S/C27H31F6N3/c1-4-17(3)36-15-34-24-13-18(12-23(25(24)36)27(31,32)33)5-10-22-14-20(11-16(2)35-22)19-6-8-21(9-7-19)26(28,29)30/h6-9,12-13,15-17,20,22,35H,4-5,10-11,14H2,1-3H3. The number of hydrogen-bond donors (Lipinski definition) is 1. The maximum absolute atomic E-state index is 14.0. The van der Waals surface area contributed by atoms with Crippen LogP contribution in [-0.4, -0.2) is 21.6 Å². The number of rotatable bonds is 6. The lowest BCUT2D eigenvalue weighted by Gasteiger charge is -2.35. The molecular formula is C27H31F6N3. The summed E-state index contributed by atoms with van der Waals surface area (Å²) in [7, 11) is 0. The highest BCUT2D eigenvalue weighted by Crippen LogP contribution is 2.38. The van der Waals surface area contributed by atoms with E-state index >= 15 is 0 Å². The lowest BCUT2D eigenvalue weighted by molar-refractivity contribution is -0.138. The van der Waals surface area contributed by atoms with Gasteiger partial charge in [0, 0.05) is 18.1 Å². The summed E-state index contributed by atoms with van der Waals surface area (Å²) in [6.45, 7) is 5.82. The van der Waals surface area contributed by atoms with E-state index in [2.05, 4.69) is 10.3 Å². The van der Waals surface area contributed by atoms with Gasteiger partial charge in [-0.15, -0.1) is 0 Å². The first kappa shape index (κ1) is 26.5. The number of imidazole rings is 1. The Morgan fingerprint density at radius 2 is 1.72 bits per heavy atom. The summed E-state index contributed by atoms with van der Waals surface area (Å²) in [5.74, 6) is 0.0907. The van der Waals surface area contributed by atoms with Crippen LogP contribution < -0.4 is 5.32 Å². The summed E-state index contributed by atoms with van der Waals surface area (Å²) in [6.07, 6.45) is -4.12. The maximum Gasteiger partial charge on any atom is 0.418 e. The summed E-state index contributed by atoms with van der Waals surface area (Å²) in [6, 6.07) is 8.38. The molecule has 0 bridgehead atoms. The predicted molar refractivity (Wildman–Crippen MR) is 128 cm³/mol. The number of hydrogen-bond acceptors (Lipinski definition) is 2. The molecule has 3 aromatic rings. The molecule has 0 saturated carbocycles. The first-order chi connectivity index (χ1) is 16.9. The molecule has 1 saturated heterocycles. The third kappa shape index (κ3) is 5.71. The van der Waals surface area contributed by atoms with Crippen LogP contribution in [0.3, 0.4) is 0 Å². The molecule has 9 heteroatoms. The van der Waals surface area contributed by atoms with Crippen LogP contribution in [0.2, 0.25) is 0 Å². The highest BCUT2D eigenvalue weighted by molar-refractivity contribution is 5.81. The molecule has 4 unspecified atom stereocenters. The summed E-state index contributed by atoms with van der Waals surface area (Å²) >= 11 is 0. The number of benzene rings is 2. The highest BCUT2D eigenvalue weighted by Gasteiger charge is 2.36. The number of piperidine rings is 1. The topological polar surface area (TPSA) is 29.9 Å². The van der Waals surface area contributed by atoms with Gasteiger partial charge < -0.3 is 9.88 Å². The number of halogens is 6. The number of aryl methyl sites for hydroxylation is 1. The Kier molecular flexibility index (Phi) is 7.42. The number of alkyl halides is 6. The van der Waals surface area contributed by atoms with Crippen LogP contribution in [0.5, 0.6) is 0 Å². The van der Waals surface area contributed by atoms with Crippen molar-refractivity contribution in [2.45, 2.75) is 89.3 Å². The van der Waals surface area contributed by atoms with Crippen molar-refractivity contribution in [3.63, 3.8) is 0 Å². The van der Waals surface area contributed by atoms with Crippen LogP contribution in [0.1, 0.15) is 80.7 Å². The lowest BCUT2D eigenvalue weighted by atomic mass is 9.81. The van der Waals surface area contributed by atoms with Crippen molar-refractivity contribution in [1.29, 1.82) is 0 Å². The van der Waals surface area contributed by atoms with Crippen LogP contribution >= 0.6 is 0 Å². The SMILES string of the molecule is CCC(C)n1cnc2cc(CCC3CC(c4ccc(C(F)(F)F)cc4)CC(C)N3)cc(C(F)(F)F)c21. The summed E-state index contributed by atoms with van der Waals surface area (Å²) in [5.41, 5.74) is 0.560. The molecule has 1 fully saturated rings. The first-order valence-corrected chi connectivity index (χ1v) is 12.4. The van der Waals surface area contributed by atoms with Gasteiger partial charge in [-0.05, 0) is 87.3 Å². The second-order valence-corrected chi connectivity index (χ2v) is 10.0. The molecule has 0 amide bonds. The Hall–Kier alpha value is -2.55. The molecule has 1 aliphatic heterocycles. The minimum Gasteiger partial charge on any atom is -0.327 e. The normalized spacial score (nSPS) is 22.2. The predicted octanol–water partition coefficient (Wildman–Crippen LogP) is 7.90. The largest absolute Gasteiger partial charge is 0.418 e. The zero-order valence-corrected chi connectivity index (χ0v) is 20.5. The molecule has 0 aliphatic carbocycles. The van der Waals surface area contributed by atoms with E-state index in [1.165, 1.54) is 12.4 Å². The fourth-order valence-electron chi connectivity index (χ4n) is 5.28. The molecule has 196 valence electrons. The van der Waals surface area contributed by atoms with Gasteiger partial charge >= 0.3 is 12.4 Å². The Morgan fingerprint density at radius 3 is 2.33 bits per heavy atom. The van der Waals surface area contributed by atoms with E-state index in [0.29, 0.717) is 36.8 Å². The Bertz CT molecular complexity index is 1180. The van der Waals surface area contributed by atoms with E-state index in [1.54, 1.807) is 22.8 Å². The Morgan fingerprint density at radius 1 is 1.03 bits per heavy atom. The van der Waals surface area contributed by atoms with Crippen LogP contribution in [0.25, 0.3) is 11.0 Å². The van der Waals surface area contributed by atoms with Crippen LogP contribution in [0.15, 0.2) is 42.7 Å². The summed E-state index contributed by atoms with van der Waals surface area (Å²) in [4.78, 5) is 4.27. The van der Waals surface area contributed by atoms with Gasteiger partial charge in [0.25, 0.3) is 0 Å². The summed E-state index contributed by atoms with van der Waals surface area (Å²) in [5, 5.41) is 3.51. The van der Waals surface area contributed by atoms with E-state index in [-0.39, 0.29) is 29.6 Å². The molecule has 4 atom stereocenters. The maximum atomic E-state index is 14.0. The van der Waals surface area contributed by atoms with E-state index < -0.39 is 23.5 Å². The molecule has 0 radical (unpaired) electrons. The molecule has 4 rings (SSSR count). The molecule has 36 heavy (non-hydrogen) atoms. The quantitative estimate of drug-likeness (QED) is 0.341. The minimum atomic E-state index is -4.50. The molecule has 2 heterocycles.